The Labute approximate surface area is 205 Å². The molecule has 0 aliphatic carbocycles. The number of aryl methyl sites for hydroxylation is 1. The van der Waals surface area contributed by atoms with Crippen molar-refractivity contribution in [3.8, 4) is 0 Å². The SMILES string of the molecule is C=C(NC(=NCC1CN(C)CC(F)(F)C1)c1nccnc1CC)C1=CNC(N2CCOCC2)C=C1. The van der Waals surface area contributed by atoms with E-state index in [0.29, 0.717) is 30.2 Å². The highest BCUT2D eigenvalue weighted by Crippen LogP contribution is 2.30. The van der Waals surface area contributed by atoms with E-state index in [2.05, 4.69) is 38.2 Å². The van der Waals surface area contributed by atoms with Crippen molar-refractivity contribution in [3.05, 3.63) is 60.0 Å². The number of nitrogens with zero attached hydrogens (tertiary/aromatic N) is 5. The second-order valence-corrected chi connectivity index (χ2v) is 9.34. The molecule has 4 rings (SSSR count). The molecule has 0 spiro atoms. The van der Waals surface area contributed by atoms with Crippen LogP contribution in [0, 0.1) is 5.92 Å². The Morgan fingerprint density at radius 2 is 2.09 bits per heavy atom. The maximum atomic E-state index is 14.1. The highest BCUT2D eigenvalue weighted by Gasteiger charge is 2.38. The van der Waals surface area contributed by atoms with E-state index in [4.69, 9.17) is 9.73 Å². The maximum Gasteiger partial charge on any atom is 0.260 e. The first-order valence-electron chi connectivity index (χ1n) is 12.2. The molecule has 10 heteroatoms. The lowest BCUT2D eigenvalue weighted by molar-refractivity contribution is -0.0759. The molecule has 3 aliphatic rings. The Balaban J connectivity index is 1.48. The summed E-state index contributed by atoms with van der Waals surface area (Å²) < 4.78 is 33.7. The van der Waals surface area contributed by atoms with Crippen LogP contribution in [0.4, 0.5) is 8.78 Å². The number of allylic oxidation sites excluding steroid dienone is 1. The summed E-state index contributed by atoms with van der Waals surface area (Å²) in [5, 5.41) is 6.72. The van der Waals surface area contributed by atoms with Crippen LogP contribution in [0.2, 0.25) is 0 Å². The Bertz CT molecular complexity index is 988. The molecule has 1 aromatic rings. The number of hydrogen-bond donors (Lipinski definition) is 2. The number of likely N-dealkylation sites (tertiary alicyclic amines) is 1. The predicted molar refractivity (Wildman–Crippen MR) is 132 cm³/mol. The van der Waals surface area contributed by atoms with Crippen LogP contribution >= 0.6 is 0 Å². The zero-order valence-corrected chi connectivity index (χ0v) is 20.5. The molecule has 2 saturated heterocycles. The van der Waals surface area contributed by atoms with Gasteiger partial charge in [0.25, 0.3) is 5.92 Å². The lowest BCUT2D eigenvalue weighted by Gasteiger charge is -2.35. The number of halogens is 2. The fourth-order valence-corrected chi connectivity index (χ4v) is 4.75. The molecular formula is C25H35F2N7O. The highest BCUT2D eigenvalue weighted by atomic mass is 19.3. The summed E-state index contributed by atoms with van der Waals surface area (Å²) in [6.07, 6.45) is 9.94. The smallest absolute Gasteiger partial charge is 0.260 e. The summed E-state index contributed by atoms with van der Waals surface area (Å²) in [6, 6.07) is 0. The van der Waals surface area contributed by atoms with E-state index in [1.165, 1.54) is 0 Å². The number of hydrogen-bond acceptors (Lipinski definition) is 7. The molecule has 2 atom stereocenters. The second kappa shape index (κ2) is 11.4. The molecule has 0 saturated carbocycles. The summed E-state index contributed by atoms with van der Waals surface area (Å²) in [6.45, 7) is 10.1. The summed E-state index contributed by atoms with van der Waals surface area (Å²) in [5.41, 5.74) is 2.93. The van der Waals surface area contributed by atoms with Crippen LogP contribution in [0.1, 0.15) is 24.7 Å². The number of ether oxygens (including phenoxy) is 1. The number of amidine groups is 1. The third kappa shape index (κ3) is 6.71. The highest BCUT2D eigenvalue weighted by molar-refractivity contribution is 5.99. The number of dihydropyridines is 1. The van der Waals surface area contributed by atoms with Crippen LogP contribution in [-0.4, -0.2) is 90.7 Å². The molecule has 8 nitrogen and oxygen atoms in total. The van der Waals surface area contributed by atoms with Crippen molar-refractivity contribution < 1.29 is 13.5 Å². The molecule has 0 radical (unpaired) electrons. The zero-order valence-electron chi connectivity index (χ0n) is 20.5. The lowest BCUT2D eigenvalue weighted by Crippen LogP contribution is -2.49. The van der Waals surface area contributed by atoms with Gasteiger partial charge in [-0.3, -0.25) is 14.9 Å². The molecule has 35 heavy (non-hydrogen) atoms. The quantitative estimate of drug-likeness (QED) is 0.451. The van der Waals surface area contributed by atoms with Crippen LogP contribution in [0.25, 0.3) is 0 Å². The Hall–Kier alpha value is -2.69. The van der Waals surface area contributed by atoms with Gasteiger partial charge in [0, 0.05) is 62.5 Å². The summed E-state index contributed by atoms with van der Waals surface area (Å²) in [7, 11) is 1.72. The summed E-state index contributed by atoms with van der Waals surface area (Å²) in [5.74, 6) is -2.45. The minimum atomic E-state index is -2.70. The van der Waals surface area contributed by atoms with E-state index in [1.54, 1.807) is 24.3 Å². The average Bonchev–Trinajstić information content (AvgIpc) is 2.86. The van der Waals surface area contributed by atoms with Gasteiger partial charge < -0.3 is 20.3 Å². The predicted octanol–water partition coefficient (Wildman–Crippen LogP) is 2.18. The minimum absolute atomic E-state index is 0.111. The maximum absolute atomic E-state index is 14.1. The zero-order chi connectivity index (χ0) is 24.8. The Kier molecular flexibility index (Phi) is 8.25. The monoisotopic (exact) mass is 487 g/mol. The number of alkyl halides is 2. The first-order chi connectivity index (χ1) is 16.8. The van der Waals surface area contributed by atoms with Crippen molar-refractivity contribution in [2.45, 2.75) is 31.9 Å². The van der Waals surface area contributed by atoms with Crippen LogP contribution in [0.5, 0.6) is 0 Å². The third-order valence-corrected chi connectivity index (χ3v) is 6.42. The van der Waals surface area contributed by atoms with Crippen molar-refractivity contribution in [1.82, 2.24) is 30.4 Å². The van der Waals surface area contributed by atoms with E-state index < -0.39 is 5.92 Å². The normalized spacial score (nSPS) is 25.6. The van der Waals surface area contributed by atoms with Gasteiger partial charge in [-0.25, -0.2) is 13.8 Å². The third-order valence-electron chi connectivity index (χ3n) is 6.42. The first kappa shape index (κ1) is 25.4. The van der Waals surface area contributed by atoms with Crippen molar-refractivity contribution in [1.29, 1.82) is 0 Å². The molecule has 2 fully saturated rings. The molecule has 0 bridgehead atoms. The van der Waals surface area contributed by atoms with Gasteiger partial charge in [0.05, 0.1) is 31.6 Å². The van der Waals surface area contributed by atoms with Gasteiger partial charge in [-0.2, -0.15) is 0 Å². The van der Waals surface area contributed by atoms with Crippen LogP contribution < -0.4 is 10.6 Å². The Morgan fingerprint density at radius 1 is 1.31 bits per heavy atom. The van der Waals surface area contributed by atoms with Gasteiger partial charge in [-0.05, 0) is 25.5 Å². The fraction of sp³-hybridized carbons (Fsp3) is 0.560. The standard InChI is InChI=1S/C25H35F2N7O/c1-4-21-23(29-8-7-28-21)24(31-14-19-13-25(26,27)17-33(3)16-19)32-18(2)20-5-6-22(30-15-20)34-9-11-35-12-10-34/h5-8,15,19,22,30H,2,4,9-14,16-17H2,1,3H3,(H,31,32). The summed E-state index contributed by atoms with van der Waals surface area (Å²) >= 11 is 0. The summed E-state index contributed by atoms with van der Waals surface area (Å²) in [4.78, 5) is 17.7. The van der Waals surface area contributed by atoms with E-state index in [-0.39, 0.29) is 31.6 Å². The number of morpholine rings is 1. The van der Waals surface area contributed by atoms with Gasteiger partial charge in [0.15, 0.2) is 5.84 Å². The number of rotatable bonds is 7. The molecule has 2 unspecified atom stereocenters. The largest absolute Gasteiger partial charge is 0.379 e. The van der Waals surface area contributed by atoms with Gasteiger partial charge in [-0.15, -0.1) is 0 Å². The number of nitrogens with one attached hydrogen (secondary N) is 2. The fourth-order valence-electron chi connectivity index (χ4n) is 4.75. The molecule has 2 N–H and O–H groups in total. The topological polar surface area (TPSA) is 77.9 Å². The van der Waals surface area contributed by atoms with Crippen molar-refractivity contribution >= 4 is 5.84 Å². The number of aliphatic imine (C=N–C) groups is 1. The van der Waals surface area contributed by atoms with E-state index in [9.17, 15) is 8.78 Å². The van der Waals surface area contributed by atoms with E-state index in [0.717, 1.165) is 37.6 Å². The van der Waals surface area contributed by atoms with E-state index in [1.807, 2.05) is 19.2 Å². The van der Waals surface area contributed by atoms with Gasteiger partial charge in [0.1, 0.15) is 5.69 Å². The first-order valence-corrected chi connectivity index (χ1v) is 12.2. The number of piperidine rings is 1. The molecular weight excluding hydrogens is 452 g/mol. The number of aromatic nitrogens is 2. The molecule has 1 aromatic heterocycles. The Morgan fingerprint density at radius 3 is 2.77 bits per heavy atom. The molecule has 0 amide bonds. The van der Waals surface area contributed by atoms with Gasteiger partial charge in [-0.1, -0.05) is 19.6 Å². The lowest BCUT2D eigenvalue weighted by atomic mass is 9.95. The average molecular weight is 488 g/mol. The second-order valence-electron chi connectivity index (χ2n) is 9.34. The van der Waals surface area contributed by atoms with Gasteiger partial charge in [0.2, 0.25) is 0 Å². The van der Waals surface area contributed by atoms with Crippen LogP contribution in [-0.2, 0) is 11.2 Å². The molecule has 0 aromatic carbocycles. The van der Waals surface area contributed by atoms with Crippen molar-refractivity contribution in [2.75, 3.05) is 53.0 Å². The van der Waals surface area contributed by atoms with E-state index >= 15 is 0 Å². The minimum Gasteiger partial charge on any atom is -0.379 e. The van der Waals surface area contributed by atoms with Crippen LogP contribution in [0.15, 0.2) is 53.6 Å². The van der Waals surface area contributed by atoms with Crippen LogP contribution in [0.3, 0.4) is 0 Å². The van der Waals surface area contributed by atoms with Crippen molar-refractivity contribution in [3.63, 3.8) is 0 Å². The van der Waals surface area contributed by atoms with Crippen molar-refractivity contribution in [2.24, 2.45) is 10.9 Å². The molecule has 190 valence electrons. The molecule has 3 aliphatic heterocycles. The molecule has 4 heterocycles. The van der Waals surface area contributed by atoms with Gasteiger partial charge >= 0.3 is 0 Å².